The molecule has 4 aromatic rings. The van der Waals surface area contributed by atoms with Crippen molar-refractivity contribution >= 4 is 34.1 Å². The molecule has 0 fully saturated rings. The van der Waals surface area contributed by atoms with Crippen LogP contribution in [0, 0.1) is 5.82 Å². The van der Waals surface area contributed by atoms with Gasteiger partial charge in [-0.3, -0.25) is 20.4 Å². The average molecular weight is 395 g/mol. The second kappa shape index (κ2) is 7.61. The normalized spacial score (nSPS) is 10.8. The Labute approximate surface area is 162 Å². The lowest BCUT2D eigenvalue weighted by molar-refractivity contribution is -0.121. The third-order valence-electron chi connectivity index (χ3n) is 4.05. The second-order valence-corrected chi connectivity index (χ2v) is 7.06. The number of hydrogen-bond donors (Lipinski definition) is 2. The predicted molar refractivity (Wildman–Crippen MR) is 103 cm³/mol. The maximum absolute atomic E-state index is 13.0. The highest BCUT2D eigenvalue weighted by atomic mass is 32.1. The number of hydrogen-bond acceptors (Lipinski definition) is 5. The van der Waals surface area contributed by atoms with Crippen molar-refractivity contribution < 1.29 is 18.5 Å². The van der Waals surface area contributed by atoms with Crippen LogP contribution in [0.15, 0.2) is 65.2 Å². The van der Waals surface area contributed by atoms with Gasteiger partial charge < -0.3 is 4.52 Å². The van der Waals surface area contributed by atoms with Crippen molar-refractivity contribution in [2.75, 3.05) is 0 Å². The van der Waals surface area contributed by atoms with E-state index in [1.807, 2.05) is 18.2 Å². The fourth-order valence-corrected chi connectivity index (χ4v) is 3.59. The standard InChI is InChI=1S/C20H14FN3O3S/c21-13-7-5-12(6-8-13)17-9-10-18(28-17)20(26)23-22-19(25)11-15-14-3-1-2-4-16(14)27-24-15/h1-10H,11H2,(H,22,25)(H,23,26). The lowest BCUT2D eigenvalue weighted by Gasteiger charge is -2.05. The van der Waals surface area contributed by atoms with E-state index >= 15 is 0 Å². The fourth-order valence-electron chi connectivity index (χ4n) is 2.68. The van der Waals surface area contributed by atoms with Gasteiger partial charge in [0.15, 0.2) is 5.58 Å². The molecule has 2 N–H and O–H groups in total. The number of carbonyl (C=O) groups excluding carboxylic acids is 2. The first-order valence-electron chi connectivity index (χ1n) is 8.38. The molecule has 0 atom stereocenters. The molecule has 0 aliphatic heterocycles. The Balaban J connectivity index is 1.36. The van der Waals surface area contributed by atoms with E-state index in [1.54, 1.807) is 30.3 Å². The van der Waals surface area contributed by atoms with Gasteiger partial charge in [-0.15, -0.1) is 11.3 Å². The summed E-state index contributed by atoms with van der Waals surface area (Å²) in [7, 11) is 0. The zero-order valence-corrected chi connectivity index (χ0v) is 15.3. The first-order valence-corrected chi connectivity index (χ1v) is 9.20. The number of carbonyl (C=O) groups is 2. The molecule has 0 aliphatic rings. The molecule has 140 valence electrons. The second-order valence-electron chi connectivity index (χ2n) is 5.98. The van der Waals surface area contributed by atoms with Crippen molar-refractivity contribution in [2.24, 2.45) is 0 Å². The summed E-state index contributed by atoms with van der Waals surface area (Å²) in [5.41, 5.74) is 6.67. The summed E-state index contributed by atoms with van der Waals surface area (Å²) in [6.45, 7) is 0. The van der Waals surface area contributed by atoms with Crippen molar-refractivity contribution in [3.05, 3.63) is 77.1 Å². The van der Waals surface area contributed by atoms with Gasteiger partial charge in [-0.05, 0) is 42.0 Å². The van der Waals surface area contributed by atoms with Gasteiger partial charge >= 0.3 is 0 Å². The van der Waals surface area contributed by atoms with Gasteiger partial charge in [0.2, 0.25) is 5.91 Å². The molecule has 0 spiro atoms. The molecular formula is C20H14FN3O3S. The van der Waals surface area contributed by atoms with E-state index < -0.39 is 11.8 Å². The van der Waals surface area contributed by atoms with Gasteiger partial charge in [0.1, 0.15) is 11.5 Å². The third-order valence-corrected chi connectivity index (χ3v) is 5.19. The zero-order chi connectivity index (χ0) is 19.5. The minimum Gasteiger partial charge on any atom is -0.356 e. The molecule has 4 rings (SSSR count). The van der Waals surface area contributed by atoms with Crippen LogP contribution in [0.3, 0.4) is 0 Å². The van der Waals surface area contributed by atoms with Crippen LogP contribution in [0.2, 0.25) is 0 Å². The molecule has 0 unspecified atom stereocenters. The van der Waals surface area contributed by atoms with E-state index in [1.165, 1.54) is 23.5 Å². The Kier molecular flexibility index (Phi) is 4.86. The number of para-hydroxylation sites is 1. The van der Waals surface area contributed by atoms with Crippen molar-refractivity contribution in [3.63, 3.8) is 0 Å². The van der Waals surface area contributed by atoms with Crippen molar-refractivity contribution in [1.82, 2.24) is 16.0 Å². The maximum atomic E-state index is 13.0. The molecule has 2 aromatic carbocycles. The summed E-state index contributed by atoms with van der Waals surface area (Å²) in [4.78, 5) is 25.6. The molecule has 2 aromatic heterocycles. The summed E-state index contributed by atoms with van der Waals surface area (Å²) < 4.78 is 18.2. The van der Waals surface area contributed by atoms with Gasteiger partial charge in [-0.2, -0.15) is 0 Å². The molecule has 0 saturated carbocycles. The average Bonchev–Trinajstić information content (AvgIpc) is 3.35. The monoisotopic (exact) mass is 395 g/mol. The first-order chi connectivity index (χ1) is 13.6. The van der Waals surface area contributed by atoms with Crippen molar-refractivity contribution in [2.45, 2.75) is 6.42 Å². The zero-order valence-electron chi connectivity index (χ0n) is 14.4. The van der Waals surface area contributed by atoms with Crippen molar-refractivity contribution in [3.8, 4) is 10.4 Å². The number of benzene rings is 2. The van der Waals surface area contributed by atoms with E-state index in [0.717, 1.165) is 15.8 Å². The smallest absolute Gasteiger partial charge is 0.279 e. The number of nitrogens with zero attached hydrogens (tertiary/aromatic N) is 1. The number of rotatable bonds is 4. The van der Waals surface area contributed by atoms with Crippen LogP contribution in [-0.2, 0) is 11.2 Å². The van der Waals surface area contributed by atoms with Crippen LogP contribution in [0.4, 0.5) is 4.39 Å². The Hall–Kier alpha value is -3.52. The van der Waals surface area contributed by atoms with Crippen LogP contribution in [-0.4, -0.2) is 17.0 Å². The largest absolute Gasteiger partial charge is 0.356 e. The minimum atomic E-state index is -0.434. The molecule has 2 amide bonds. The Morgan fingerprint density at radius 2 is 1.79 bits per heavy atom. The molecule has 2 heterocycles. The van der Waals surface area contributed by atoms with Gasteiger partial charge in [0, 0.05) is 10.3 Å². The van der Waals surface area contributed by atoms with E-state index in [-0.39, 0.29) is 12.2 Å². The van der Waals surface area contributed by atoms with Gasteiger partial charge in [0.05, 0.1) is 11.3 Å². The van der Waals surface area contributed by atoms with E-state index in [4.69, 9.17) is 4.52 Å². The van der Waals surface area contributed by atoms with Crippen LogP contribution < -0.4 is 10.9 Å². The summed E-state index contributed by atoms with van der Waals surface area (Å²) in [5.74, 6) is -1.17. The van der Waals surface area contributed by atoms with E-state index in [9.17, 15) is 14.0 Å². The number of amides is 2. The number of halogens is 1. The highest BCUT2D eigenvalue weighted by molar-refractivity contribution is 7.17. The number of aromatic nitrogens is 1. The number of hydrazine groups is 1. The van der Waals surface area contributed by atoms with Gasteiger partial charge in [-0.25, -0.2) is 4.39 Å². The number of nitrogens with one attached hydrogen (secondary N) is 2. The van der Waals surface area contributed by atoms with Crippen molar-refractivity contribution in [1.29, 1.82) is 0 Å². The number of thiophene rings is 1. The number of fused-ring (bicyclic) bond motifs is 1. The molecule has 0 saturated heterocycles. The molecule has 0 radical (unpaired) electrons. The van der Waals surface area contributed by atoms with Gasteiger partial charge in [-0.1, -0.05) is 29.4 Å². The first kappa shape index (κ1) is 17.9. The summed E-state index contributed by atoms with van der Waals surface area (Å²) in [6, 6.07) is 16.7. The lowest BCUT2D eigenvalue weighted by Crippen LogP contribution is -2.42. The molecule has 28 heavy (non-hydrogen) atoms. The van der Waals surface area contributed by atoms with Gasteiger partial charge in [0.25, 0.3) is 5.91 Å². The molecule has 0 bridgehead atoms. The summed E-state index contributed by atoms with van der Waals surface area (Å²) in [5, 5.41) is 4.65. The lowest BCUT2D eigenvalue weighted by atomic mass is 10.2. The minimum absolute atomic E-state index is 0.0252. The van der Waals surface area contributed by atoms with E-state index in [2.05, 4.69) is 16.0 Å². The molecule has 0 aliphatic carbocycles. The van der Waals surface area contributed by atoms with E-state index in [0.29, 0.717) is 16.2 Å². The Bertz CT molecular complexity index is 1150. The molecular weight excluding hydrogens is 381 g/mol. The van der Waals surface area contributed by atoms with Crippen LogP contribution in [0.25, 0.3) is 21.4 Å². The summed E-state index contributed by atoms with van der Waals surface area (Å²) in [6.07, 6.45) is -0.0252. The predicted octanol–water partition coefficient (Wildman–Crippen LogP) is 3.70. The third kappa shape index (κ3) is 3.77. The summed E-state index contributed by atoms with van der Waals surface area (Å²) >= 11 is 1.25. The quantitative estimate of drug-likeness (QED) is 0.516. The Morgan fingerprint density at radius 3 is 2.61 bits per heavy atom. The molecule has 8 heteroatoms. The highest BCUT2D eigenvalue weighted by Crippen LogP contribution is 2.28. The maximum Gasteiger partial charge on any atom is 0.279 e. The fraction of sp³-hybridized carbons (Fsp3) is 0.0500. The molecule has 6 nitrogen and oxygen atoms in total. The van der Waals surface area contributed by atoms with Crippen LogP contribution in [0.5, 0.6) is 0 Å². The Morgan fingerprint density at radius 1 is 1.00 bits per heavy atom. The van der Waals surface area contributed by atoms with Crippen LogP contribution in [0.1, 0.15) is 15.4 Å². The SMILES string of the molecule is O=C(Cc1noc2ccccc12)NNC(=O)c1ccc(-c2ccc(F)cc2)s1. The topological polar surface area (TPSA) is 84.2 Å². The highest BCUT2D eigenvalue weighted by Gasteiger charge is 2.14. The van der Waals surface area contributed by atoms with Crippen LogP contribution >= 0.6 is 11.3 Å².